The molecule has 4 nitrogen and oxygen atoms in total. The molecule has 1 aliphatic heterocycles. The van der Waals surface area contributed by atoms with Gasteiger partial charge in [-0.25, -0.2) is 9.37 Å². The molecular weight excluding hydrogens is 417 g/mol. The van der Waals surface area contributed by atoms with Crippen molar-refractivity contribution in [2.24, 2.45) is 0 Å². The summed E-state index contributed by atoms with van der Waals surface area (Å²) in [7, 11) is 0. The molecule has 0 radical (unpaired) electrons. The predicted octanol–water partition coefficient (Wildman–Crippen LogP) is 5.17. The molecule has 1 aromatic heterocycles. The van der Waals surface area contributed by atoms with Crippen molar-refractivity contribution >= 4 is 57.9 Å². The zero-order chi connectivity index (χ0) is 19.8. The molecule has 0 spiro atoms. The van der Waals surface area contributed by atoms with Gasteiger partial charge >= 0.3 is 0 Å². The molecule has 0 saturated carbocycles. The lowest BCUT2D eigenvalue weighted by Gasteiger charge is -2.16. The van der Waals surface area contributed by atoms with Crippen molar-refractivity contribution in [3.05, 3.63) is 75.6 Å². The van der Waals surface area contributed by atoms with Gasteiger partial charge in [-0.1, -0.05) is 11.6 Å². The van der Waals surface area contributed by atoms with Gasteiger partial charge in [0.1, 0.15) is 16.5 Å². The average Bonchev–Trinajstić information content (AvgIpc) is 3.22. The van der Waals surface area contributed by atoms with E-state index < -0.39 is 0 Å². The highest BCUT2D eigenvalue weighted by molar-refractivity contribution is 7.80. The van der Waals surface area contributed by atoms with Gasteiger partial charge in [-0.15, -0.1) is 11.3 Å². The Kier molecular flexibility index (Phi) is 4.97. The number of nitrogens with zero attached hydrogens (tertiary/aromatic N) is 2. The number of nitrogens with one attached hydrogen (secondary N) is 1. The number of rotatable bonds is 3. The second kappa shape index (κ2) is 7.43. The molecule has 2 heterocycles. The SMILES string of the molecule is Cc1cc(Cl)ccc1N1C(=O)/C(=C\c2csc(-c3ccc(F)cc3)n2)NC1=S. The van der Waals surface area contributed by atoms with E-state index in [1.165, 1.54) is 28.4 Å². The number of hydrogen-bond donors (Lipinski definition) is 1. The van der Waals surface area contributed by atoms with Crippen LogP contribution in [-0.4, -0.2) is 16.0 Å². The van der Waals surface area contributed by atoms with E-state index in [9.17, 15) is 9.18 Å². The average molecular weight is 430 g/mol. The van der Waals surface area contributed by atoms with Crippen molar-refractivity contribution < 1.29 is 9.18 Å². The van der Waals surface area contributed by atoms with Crippen LogP contribution >= 0.6 is 35.2 Å². The van der Waals surface area contributed by atoms with E-state index in [-0.39, 0.29) is 11.7 Å². The van der Waals surface area contributed by atoms with Crippen LogP contribution < -0.4 is 10.2 Å². The zero-order valence-electron chi connectivity index (χ0n) is 14.6. The normalized spacial score (nSPS) is 15.4. The number of carbonyl (C=O) groups is 1. The molecule has 1 aliphatic rings. The van der Waals surface area contributed by atoms with Crippen LogP contribution in [0.1, 0.15) is 11.3 Å². The second-order valence-electron chi connectivity index (χ2n) is 6.14. The van der Waals surface area contributed by atoms with Gasteiger partial charge in [-0.2, -0.15) is 0 Å². The Hall–Kier alpha value is -2.61. The molecule has 1 N–H and O–H groups in total. The van der Waals surface area contributed by atoms with Gasteiger partial charge in [0.05, 0.1) is 11.4 Å². The Morgan fingerprint density at radius 1 is 1.25 bits per heavy atom. The molecule has 0 aliphatic carbocycles. The van der Waals surface area contributed by atoms with Crippen molar-refractivity contribution in [2.75, 3.05) is 4.90 Å². The molecule has 4 rings (SSSR count). The fraction of sp³-hybridized carbons (Fsp3) is 0.0500. The van der Waals surface area contributed by atoms with Gasteiger partial charge in [-0.05, 0) is 73.2 Å². The minimum Gasteiger partial charge on any atom is -0.327 e. The first-order chi connectivity index (χ1) is 13.4. The Labute approximate surface area is 175 Å². The number of thiocarbonyl (C=S) groups is 1. The number of carbonyl (C=O) groups excluding carboxylic acids is 1. The van der Waals surface area contributed by atoms with Gasteiger partial charge in [-0.3, -0.25) is 9.69 Å². The van der Waals surface area contributed by atoms with E-state index in [1.807, 2.05) is 12.3 Å². The maximum atomic E-state index is 13.1. The topological polar surface area (TPSA) is 45.2 Å². The molecule has 0 unspecified atom stereocenters. The molecule has 1 amide bonds. The van der Waals surface area contributed by atoms with E-state index >= 15 is 0 Å². The highest BCUT2D eigenvalue weighted by Crippen LogP contribution is 2.29. The summed E-state index contributed by atoms with van der Waals surface area (Å²) in [6.07, 6.45) is 1.66. The van der Waals surface area contributed by atoms with Gasteiger partial charge in [0.2, 0.25) is 0 Å². The number of aromatic nitrogens is 1. The van der Waals surface area contributed by atoms with Crippen molar-refractivity contribution in [2.45, 2.75) is 6.92 Å². The number of anilines is 1. The van der Waals surface area contributed by atoms with Gasteiger partial charge in [0.15, 0.2) is 5.11 Å². The van der Waals surface area contributed by atoms with Crippen molar-refractivity contribution in [1.82, 2.24) is 10.3 Å². The van der Waals surface area contributed by atoms with E-state index in [0.717, 1.165) is 16.1 Å². The molecule has 28 heavy (non-hydrogen) atoms. The maximum Gasteiger partial charge on any atom is 0.281 e. The fourth-order valence-electron chi connectivity index (χ4n) is 2.85. The molecule has 1 fully saturated rings. The number of amides is 1. The number of benzene rings is 2. The molecule has 0 atom stereocenters. The Balaban J connectivity index is 1.62. The third-order valence-corrected chi connectivity index (χ3v) is 5.61. The van der Waals surface area contributed by atoms with E-state index in [0.29, 0.717) is 27.2 Å². The predicted molar refractivity (Wildman–Crippen MR) is 115 cm³/mol. The Morgan fingerprint density at radius 3 is 2.71 bits per heavy atom. The van der Waals surface area contributed by atoms with E-state index in [4.69, 9.17) is 23.8 Å². The lowest BCUT2D eigenvalue weighted by atomic mass is 10.2. The van der Waals surface area contributed by atoms with Crippen LogP contribution in [0.3, 0.4) is 0 Å². The Morgan fingerprint density at radius 2 is 2.00 bits per heavy atom. The minimum atomic E-state index is -0.297. The maximum absolute atomic E-state index is 13.1. The smallest absolute Gasteiger partial charge is 0.281 e. The molecule has 2 aromatic carbocycles. The largest absolute Gasteiger partial charge is 0.327 e. The summed E-state index contributed by atoms with van der Waals surface area (Å²) in [6, 6.07) is 11.4. The lowest BCUT2D eigenvalue weighted by molar-refractivity contribution is -0.113. The molecule has 0 bridgehead atoms. The summed E-state index contributed by atoms with van der Waals surface area (Å²) >= 11 is 12.8. The first kappa shape index (κ1) is 18.7. The standard InChI is InChI=1S/C20H13ClFN3OS2/c1-11-8-13(21)4-7-17(11)25-19(26)16(24-20(25)27)9-15-10-28-18(23-15)12-2-5-14(22)6-3-12/h2-10H,1H3,(H,24,27)/b16-9+. The monoisotopic (exact) mass is 429 g/mol. The van der Waals surface area contributed by atoms with E-state index in [2.05, 4.69) is 10.3 Å². The zero-order valence-corrected chi connectivity index (χ0v) is 17.0. The van der Waals surface area contributed by atoms with Crippen LogP contribution in [0.2, 0.25) is 5.02 Å². The molecule has 3 aromatic rings. The molecule has 1 saturated heterocycles. The summed E-state index contributed by atoms with van der Waals surface area (Å²) in [5.41, 5.74) is 3.31. The van der Waals surface area contributed by atoms with Crippen molar-refractivity contribution in [3.8, 4) is 10.6 Å². The van der Waals surface area contributed by atoms with Crippen LogP contribution in [0, 0.1) is 12.7 Å². The van der Waals surface area contributed by atoms with Crippen molar-refractivity contribution in [3.63, 3.8) is 0 Å². The van der Waals surface area contributed by atoms with Crippen LogP contribution in [0.5, 0.6) is 0 Å². The third-order valence-electron chi connectivity index (χ3n) is 4.18. The third kappa shape index (κ3) is 3.56. The molecule has 140 valence electrons. The van der Waals surface area contributed by atoms with Crippen LogP contribution in [0.25, 0.3) is 16.6 Å². The number of thiazole rings is 1. The quantitative estimate of drug-likeness (QED) is 0.460. The van der Waals surface area contributed by atoms with Gasteiger partial charge < -0.3 is 5.32 Å². The van der Waals surface area contributed by atoms with Gasteiger partial charge in [0, 0.05) is 16.0 Å². The Bertz CT molecular complexity index is 1120. The summed E-state index contributed by atoms with van der Waals surface area (Å²) < 4.78 is 13.1. The van der Waals surface area contributed by atoms with Crippen LogP contribution in [-0.2, 0) is 4.79 Å². The minimum absolute atomic E-state index is 0.258. The van der Waals surface area contributed by atoms with E-state index in [1.54, 1.807) is 36.4 Å². The van der Waals surface area contributed by atoms with Crippen LogP contribution in [0.4, 0.5) is 10.1 Å². The number of hydrogen-bond acceptors (Lipinski definition) is 4. The first-order valence-corrected chi connectivity index (χ1v) is 9.94. The number of halogens is 2. The van der Waals surface area contributed by atoms with Crippen molar-refractivity contribution in [1.29, 1.82) is 0 Å². The second-order valence-corrected chi connectivity index (χ2v) is 7.83. The number of aryl methyl sites for hydroxylation is 1. The lowest BCUT2D eigenvalue weighted by Crippen LogP contribution is -2.30. The highest BCUT2D eigenvalue weighted by Gasteiger charge is 2.33. The first-order valence-electron chi connectivity index (χ1n) is 8.27. The summed E-state index contributed by atoms with van der Waals surface area (Å²) in [5.74, 6) is -0.554. The highest BCUT2D eigenvalue weighted by atomic mass is 35.5. The summed E-state index contributed by atoms with van der Waals surface area (Å²) in [4.78, 5) is 18.8. The summed E-state index contributed by atoms with van der Waals surface area (Å²) in [5, 5.41) is 6.42. The fourth-order valence-corrected chi connectivity index (χ4v) is 4.15. The molecular formula is C20H13ClFN3OS2. The summed E-state index contributed by atoms with van der Waals surface area (Å²) in [6.45, 7) is 1.87. The van der Waals surface area contributed by atoms with Crippen LogP contribution in [0.15, 0.2) is 53.5 Å². The van der Waals surface area contributed by atoms with Gasteiger partial charge in [0.25, 0.3) is 5.91 Å². The molecule has 8 heteroatoms.